The summed E-state index contributed by atoms with van der Waals surface area (Å²) >= 11 is 0. The molecule has 0 saturated carbocycles. The minimum absolute atomic E-state index is 0.0175. The van der Waals surface area contributed by atoms with Crippen LogP contribution in [0.3, 0.4) is 0 Å². The summed E-state index contributed by atoms with van der Waals surface area (Å²) in [6.07, 6.45) is 4.54. The van der Waals surface area contributed by atoms with Crippen molar-refractivity contribution in [2.24, 2.45) is 0 Å². The molecule has 2 heterocycles. The Morgan fingerprint density at radius 2 is 2.27 bits per heavy atom. The number of carbonyl (C=O) groups is 1. The van der Waals surface area contributed by atoms with Crippen molar-refractivity contribution in [3.8, 4) is 0 Å². The summed E-state index contributed by atoms with van der Waals surface area (Å²) in [5.41, 5.74) is 0.562. The van der Waals surface area contributed by atoms with Gasteiger partial charge in [0, 0.05) is 38.1 Å². The lowest BCUT2D eigenvalue weighted by Gasteiger charge is -2.31. The highest BCUT2D eigenvalue weighted by Gasteiger charge is 2.21. The van der Waals surface area contributed by atoms with Gasteiger partial charge in [-0.3, -0.25) is 4.79 Å². The molecule has 0 aliphatic carbocycles. The van der Waals surface area contributed by atoms with E-state index >= 15 is 0 Å². The van der Waals surface area contributed by atoms with Gasteiger partial charge in [-0.05, 0) is 6.92 Å². The number of nitrogens with one attached hydrogen (secondary N) is 1. The van der Waals surface area contributed by atoms with Gasteiger partial charge in [-0.15, -0.1) is 0 Å². The third kappa shape index (κ3) is 2.30. The number of rotatable bonds is 1. The fraction of sp³-hybridized carbons (Fsp3) is 0.500. The van der Waals surface area contributed by atoms with Crippen LogP contribution in [0.2, 0.25) is 0 Å². The number of amides is 1. The van der Waals surface area contributed by atoms with Gasteiger partial charge in [0.1, 0.15) is 6.33 Å². The van der Waals surface area contributed by atoms with E-state index in [4.69, 9.17) is 0 Å². The molecule has 5 nitrogen and oxygen atoms in total. The monoisotopic (exact) mass is 206 g/mol. The van der Waals surface area contributed by atoms with Crippen molar-refractivity contribution in [3.05, 3.63) is 24.3 Å². The highest BCUT2D eigenvalue weighted by molar-refractivity contribution is 5.93. The van der Waals surface area contributed by atoms with Crippen molar-refractivity contribution < 1.29 is 4.79 Å². The fourth-order valence-electron chi connectivity index (χ4n) is 1.71. The van der Waals surface area contributed by atoms with Crippen molar-refractivity contribution in [2.45, 2.75) is 13.0 Å². The molecule has 1 amide bonds. The molecule has 1 fully saturated rings. The van der Waals surface area contributed by atoms with Crippen LogP contribution in [-0.2, 0) is 0 Å². The van der Waals surface area contributed by atoms with E-state index in [0.29, 0.717) is 11.6 Å². The number of hydrogen-bond donors (Lipinski definition) is 1. The van der Waals surface area contributed by atoms with E-state index < -0.39 is 0 Å². The SMILES string of the molecule is C[C@H]1CN(C(=O)c2cncnc2)CCN1. The van der Waals surface area contributed by atoms with Gasteiger partial charge in [0.25, 0.3) is 5.91 Å². The zero-order chi connectivity index (χ0) is 10.7. The van der Waals surface area contributed by atoms with E-state index in [1.54, 1.807) is 12.4 Å². The summed E-state index contributed by atoms with van der Waals surface area (Å²) in [5, 5.41) is 3.29. The van der Waals surface area contributed by atoms with Crippen molar-refractivity contribution in [1.82, 2.24) is 20.2 Å². The molecule has 0 bridgehead atoms. The van der Waals surface area contributed by atoms with Gasteiger partial charge >= 0.3 is 0 Å². The molecule has 1 atom stereocenters. The smallest absolute Gasteiger partial charge is 0.257 e. The first-order valence-corrected chi connectivity index (χ1v) is 5.05. The zero-order valence-electron chi connectivity index (χ0n) is 8.68. The van der Waals surface area contributed by atoms with Gasteiger partial charge in [0.05, 0.1) is 5.56 Å². The van der Waals surface area contributed by atoms with Gasteiger partial charge in [-0.1, -0.05) is 0 Å². The average molecular weight is 206 g/mol. The standard InChI is InChI=1S/C10H14N4O/c1-8-6-14(3-2-13-8)10(15)9-4-11-7-12-5-9/h4-5,7-8,13H,2-3,6H2,1H3/t8-/m0/s1. The maximum atomic E-state index is 12.0. The molecule has 2 rings (SSSR count). The number of hydrogen-bond acceptors (Lipinski definition) is 4. The predicted octanol–water partition coefficient (Wildman–Crippen LogP) is -0.0895. The van der Waals surface area contributed by atoms with Crippen LogP contribution in [0.25, 0.3) is 0 Å². The van der Waals surface area contributed by atoms with E-state index in [1.165, 1.54) is 6.33 Å². The van der Waals surface area contributed by atoms with Crippen LogP contribution in [0, 0.1) is 0 Å². The molecular formula is C10H14N4O. The van der Waals surface area contributed by atoms with Gasteiger partial charge in [-0.2, -0.15) is 0 Å². The third-order valence-corrected chi connectivity index (χ3v) is 2.46. The second kappa shape index (κ2) is 4.35. The van der Waals surface area contributed by atoms with Crippen LogP contribution in [0.15, 0.2) is 18.7 Å². The van der Waals surface area contributed by atoms with Crippen molar-refractivity contribution >= 4 is 5.91 Å². The second-order valence-electron chi connectivity index (χ2n) is 3.73. The van der Waals surface area contributed by atoms with Crippen LogP contribution in [-0.4, -0.2) is 46.5 Å². The highest BCUT2D eigenvalue weighted by Crippen LogP contribution is 2.05. The Balaban J connectivity index is 2.08. The lowest BCUT2D eigenvalue weighted by atomic mass is 10.2. The summed E-state index contributed by atoms with van der Waals surface area (Å²) in [5.74, 6) is 0.0175. The van der Waals surface area contributed by atoms with E-state index in [9.17, 15) is 4.79 Å². The Kier molecular flexibility index (Phi) is 2.91. The predicted molar refractivity (Wildman–Crippen MR) is 55.4 cm³/mol. The molecule has 1 aliphatic heterocycles. The molecule has 1 N–H and O–H groups in total. The zero-order valence-corrected chi connectivity index (χ0v) is 8.68. The van der Waals surface area contributed by atoms with Gasteiger partial charge < -0.3 is 10.2 Å². The van der Waals surface area contributed by atoms with Gasteiger partial charge in [0.15, 0.2) is 0 Å². The first kappa shape index (κ1) is 10.0. The maximum absolute atomic E-state index is 12.0. The summed E-state index contributed by atoms with van der Waals surface area (Å²) < 4.78 is 0. The van der Waals surface area contributed by atoms with E-state index in [1.807, 2.05) is 4.90 Å². The van der Waals surface area contributed by atoms with Crippen LogP contribution >= 0.6 is 0 Å². The maximum Gasteiger partial charge on any atom is 0.257 e. The molecule has 0 aromatic carbocycles. The van der Waals surface area contributed by atoms with E-state index in [-0.39, 0.29) is 5.91 Å². The van der Waals surface area contributed by atoms with Crippen LogP contribution < -0.4 is 5.32 Å². The Hall–Kier alpha value is -1.49. The summed E-state index contributed by atoms with van der Waals surface area (Å²) in [6, 6.07) is 0.354. The number of nitrogens with zero attached hydrogens (tertiary/aromatic N) is 3. The topological polar surface area (TPSA) is 58.1 Å². The first-order valence-electron chi connectivity index (χ1n) is 5.05. The molecule has 1 aromatic rings. The van der Waals surface area contributed by atoms with Gasteiger partial charge in [-0.25, -0.2) is 9.97 Å². The molecule has 1 aliphatic rings. The third-order valence-electron chi connectivity index (χ3n) is 2.46. The van der Waals surface area contributed by atoms with Crippen molar-refractivity contribution in [2.75, 3.05) is 19.6 Å². The fourth-order valence-corrected chi connectivity index (χ4v) is 1.71. The molecule has 15 heavy (non-hydrogen) atoms. The molecule has 5 heteroatoms. The lowest BCUT2D eigenvalue weighted by Crippen LogP contribution is -2.51. The minimum Gasteiger partial charge on any atom is -0.336 e. The Bertz CT molecular complexity index is 341. The second-order valence-corrected chi connectivity index (χ2v) is 3.73. The summed E-state index contributed by atoms with van der Waals surface area (Å²) in [4.78, 5) is 21.5. The molecule has 0 radical (unpaired) electrons. The normalized spacial score (nSPS) is 21.4. The molecule has 80 valence electrons. The summed E-state index contributed by atoms with van der Waals surface area (Å²) in [6.45, 7) is 4.41. The quantitative estimate of drug-likeness (QED) is 0.697. The largest absolute Gasteiger partial charge is 0.336 e. The number of aromatic nitrogens is 2. The first-order chi connectivity index (χ1) is 7.27. The van der Waals surface area contributed by atoms with Crippen LogP contribution in [0.1, 0.15) is 17.3 Å². The molecular weight excluding hydrogens is 192 g/mol. The molecule has 0 unspecified atom stereocenters. The minimum atomic E-state index is 0.0175. The average Bonchev–Trinajstić information content (AvgIpc) is 2.29. The number of carbonyl (C=O) groups excluding carboxylic acids is 1. The summed E-state index contributed by atoms with van der Waals surface area (Å²) in [7, 11) is 0. The Morgan fingerprint density at radius 3 is 2.93 bits per heavy atom. The van der Waals surface area contributed by atoms with Crippen molar-refractivity contribution in [1.29, 1.82) is 0 Å². The van der Waals surface area contributed by atoms with Crippen LogP contribution in [0.4, 0.5) is 0 Å². The van der Waals surface area contributed by atoms with E-state index in [0.717, 1.165) is 19.6 Å². The Morgan fingerprint density at radius 1 is 1.53 bits per heavy atom. The molecule has 0 spiro atoms. The van der Waals surface area contributed by atoms with Crippen molar-refractivity contribution in [3.63, 3.8) is 0 Å². The lowest BCUT2D eigenvalue weighted by molar-refractivity contribution is 0.0708. The highest BCUT2D eigenvalue weighted by atomic mass is 16.2. The molecule has 1 aromatic heterocycles. The Labute approximate surface area is 88.5 Å². The molecule has 1 saturated heterocycles. The van der Waals surface area contributed by atoms with Gasteiger partial charge in [0.2, 0.25) is 0 Å². The van der Waals surface area contributed by atoms with E-state index in [2.05, 4.69) is 22.2 Å². The van der Waals surface area contributed by atoms with Crippen LogP contribution in [0.5, 0.6) is 0 Å². The number of piperazine rings is 1.